The zero-order chi connectivity index (χ0) is 37.3. The molecular weight excluding hydrogens is 632 g/mol. The molecule has 0 aromatic heterocycles. The average molecular weight is 683 g/mol. The van der Waals surface area contributed by atoms with Crippen molar-refractivity contribution < 1.29 is 43.2 Å². The summed E-state index contributed by atoms with van der Waals surface area (Å²) in [6.45, 7) is 12.9. The Kier molecular flexibility index (Phi) is 21.2. The maximum absolute atomic E-state index is 11.6. The van der Waals surface area contributed by atoms with Gasteiger partial charge in [0, 0.05) is 42.6 Å². The molecule has 6 N–H and O–H groups in total. The van der Waals surface area contributed by atoms with Crippen LogP contribution in [0.25, 0.3) is 0 Å². The minimum Gasteiger partial charge on any atom is -0.497 e. The van der Waals surface area contributed by atoms with Crippen LogP contribution in [-0.4, -0.2) is 80.8 Å². The topological polar surface area (TPSA) is 188 Å². The number of aliphatic carboxylic acids is 1. The lowest BCUT2D eigenvalue weighted by Crippen LogP contribution is -2.34. The minimum absolute atomic E-state index is 0.366. The van der Waals surface area contributed by atoms with Gasteiger partial charge in [-0.1, -0.05) is 24.0 Å². The standard InChI is InChI=1S/C18H24N2O4.C10H8O3.C8H18N2O2/c1-18(2,3)24-17(22)20-12-6-11-19-16(21)10-9-14-7-5-8-15(13-14)23-4;1-13-9-4-2-3-8(7-9)5-6-10(11)12;1-8(2,3)12-7(11)10-6-4-5-9/h5,7-8,13H,6,11-12H2,1-4H3,(H,19,21)(H,20,22);2-4,7H,1H3,(H,11,12);4-6,9H2,1-3H3,(H,10,11). The fraction of sp³-hybridized carbons (Fsp3) is 0.444. The van der Waals surface area contributed by atoms with Gasteiger partial charge in [0.1, 0.15) is 22.7 Å². The maximum Gasteiger partial charge on any atom is 0.407 e. The SMILES string of the molecule is CC(C)(C)OC(=O)NCCCN.COc1cccc(C#CC(=O)NCCCNC(=O)OC(C)(C)C)c1.COc1cccc(C#CC(=O)O)c1. The van der Waals surface area contributed by atoms with Gasteiger partial charge in [0.15, 0.2) is 0 Å². The van der Waals surface area contributed by atoms with E-state index in [1.807, 2.05) is 38.8 Å². The lowest BCUT2D eigenvalue weighted by Gasteiger charge is -2.19. The molecule has 13 nitrogen and oxygen atoms in total. The number of hydrogen-bond acceptors (Lipinski definition) is 9. The summed E-state index contributed by atoms with van der Waals surface area (Å²) in [6, 6.07) is 14.1. The number of nitrogens with two attached hydrogens (primary N) is 1. The van der Waals surface area contributed by atoms with Crippen LogP contribution in [0.15, 0.2) is 48.5 Å². The molecule has 0 atom stereocenters. The fourth-order valence-electron chi connectivity index (χ4n) is 3.10. The molecule has 2 aromatic rings. The first-order valence-corrected chi connectivity index (χ1v) is 15.4. The highest BCUT2D eigenvalue weighted by Gasteiger charge is 2.16. The van der Waals surface area contributed by atoms with Crippen LogP contribution in [0, 0.1) is 23.7 Å². The van der Waals surface area contributed by atoms with Gasteiger partial charge in [-0.25, -0.2) is 14.4 Å². The Labute approximate surface area is 289 Å². The smallest absolute Gasteiger partial charge is 0.407 e. The summed E-state index contributed by atoms with van der Waals surface area (Å²) in [5.41, 5.74) is 5.64. The molecular formula is C36H50N4O9. The van der Waals surface area contributed by atoms with Crippen LogP contribution in [0.1, 0.15) is 65.5 Å². The molecule has 0 saturated heterocycles. The Morgan fingerprint density at radius 2 is 1.12 bits per heavy atom. The Morgan fingerprint density at radius 3 is 1.53 bits per heavy atom. The molecule has 49 heavy (non-hydrogen) atoms. The third-order valence-electron chi connectivity index (χ3n) is 5.13. The second kappa shape index (κ2) is 23.8. The number of carbonyl (C=O) groups excluding carboxylic acids is 3. The number of nitrogens with one attached hydrogen (secondary N) is 3. The van der Waals surface area contributed by atoms with Crippen molar-refractivity contribution in [2.45, 2.75) is 65.6 Å². The Balaban J connectivity index is 0.000000777. The van der Waals surface area contributed by atoms with Crippen LogP contribution < -0.4 is 31.2 Å². The first-order chi connectivity index (χ1) is 23.0. The third kappa shape index (κ3) is 26.4. The van der Waals surface area contributed by atoms with E-state index in [9.17, 15) is 19.2 Å². The summed E-state index contributed by atoms with van der Waals surface area (Å²) in [5, 5.41) is 16.2. The molecule has 0 heterocycles. The minimum atomic E-state index is -1.14. The van der Waals surface area contributed by atoms with Crippen molar-refractivity contribution in [3.63, 3.8) is 0 Å². The molecule has 0 aliphatic heterocycles. The van der Waals surface area contributed by atoms with Crippen LogP contribution in [-0.2, 0) is 19.1 Å². The number of ether oxygens (including phenoxy) is 4. The largest absolute Gasteiger partial charge is 0.497 e. The van der Waals surface area contributed by atoms with E-state index in [0.717, 1.165) is 6.42 Å². The molecule has 0 saturated carbocycles. The van der Waals surface area contributed by atoms with E-state index < -0.39 is 23.3 Å². The number of alkyl carbamates (subject to hydrolysis) is 2. The third-order valence-corrected chi connectivity index (χ3v) is 5.13. The number of carbonyl (C=O) groups is 4. The van der Waals surface area contributed by atoms with Crippen LogP contribution >= 0.6 is 0 Å². The predicted octanol–water partition coefficient (Wildman–Crippen LogP) is 4.07. The molecule has 0 spiro atoms. The molecule has 0 aliphatic carbocycles. The van der Waals surface area contributed by atoms with Gasteiger partial charge in [-0.05, 0) is 97.3 Å². The summed E-state index contributed by atoms with van der Waals surface area (Å²) in [6.07, 6.45) is 0.521. The molecule has 0 fully saturated rings. The van der Waals surface area contributed by atoms with E-state index in [-0.39, 0.29) is 12.0 Å². The molecule has 0 unspecified atom stereocenters. The Hall–Kier alpha value is -5.40. The van der Waals surface area contributed by atoms with Crippen LogP contribution in [0.2, 0.25) is 0 Å². The van der Waals surface area contributed by atoms with Gasteiger partial charge >= 0.3 is 18.2 Å². The maximum atomic E-state index is 11.6. The first kappa shape index (κ1) is 43.6. The Morgan fingerprint density at radius 1 is 0.694 bits per heavy atom. The van der Waals surface area contributed by atoms with E-state index in [1.165, 1.54) is 0 Å². The predicted molar refractivity (Wildman–Crippen MR) is 187 cm³/mol. The summed E-state index contributed by atoms with van der Waals surface area (Å²) >= 11 is 0. The van der Waals surface area contributed by atoms with Gasteiger partial charge in [0.25, 0.3) is 5.91 Å². The van der Waals surface area contributed by atoms with E-state index in [0.29, 0.717) is 55.2 Å². The number of carboxylic acids is 1. The Bertz CT molecular complexity index is 1460. The number of hydrogen-bond donors (Lipinski definition) is 5. The van der Waals surface area contributed by atoms with Crippen molar-refractivity contribution in [2.75, 3.05) is 40.4 Å². The van der Waals surface area contributed by atoms with Crippen molar-refractivity contribution >= 4 is 24.1 Å². The monoisotopic (exact) mass is 682 g/mol. The van der Waals surface area contributed by atoms with Crippen LogP contribution in [0.5, 0.6) is 11.5 Å². The van der Waals surface area contributed by atoms with Crippen molar-refractivity contribution in [1.29, 1.82) is 0 Å². The van der Waals surface area contributed by atoms with Crippen molar-refractivity contribution in [3.8, 4) is 35.2 Å². The highest BCUT2D eigenvalue weighted by molar-refractivity contribution is 5.94. The molecule has 0 aliphatic rings. The number of rotatable bonds is 9. The summed E-state index contributed by atoms with van der Waals surface area (Å²) in [5.74, 6) is 9.65. The average Bonchev–Trinajstić information content (AvgIpc) is 3.02. The summed E-state index contributed by atoms with van der Waals surface area (Å²) in [4.78, 5) is 44.1. The highest BCUT2D eigenvalue weighted by atomic mass is 16.6. The highest BCUT2D eigenvalue weighted by Crippen LogP contribution is 2.12. The van der Waals surface area contributed by atoms with E-state index in [1.54, 1.807) is 71.4 Å². The van der Waals surface area contributed by atoms with Gasteiger partial charge in [-0.3, -0.25) is 4.79 Å². The number of benzene rings is 2. The molecule has 3 amide bonds. The zero-order valence-electron chi connectivity index (χ0n) is 29.7. The van der Waals surface area contributed by atoms with Crippen molar-refractivity contribution in [3.05, 3.63) is 59.7 Å². The molecule has 2 aromatic carbocycles. The molecule has 2 rings (SSSR count). The van der Waals surface area contributed by atoms with Crippen molar-refractivity contribution in [1.82, 2.24) is 16.0 Å². The summed E-state index contributed by atoms with van der Waals surface area (Å²) < 4.78 is 20.1. The van der Waals surface area contributed by atoms with Gasteiger partial charge in [-0.2, -0.15) is 0 Å². The van der Waals surface area contributed by atoms with E-state index in [2.05, 4.69) is 33.7 Å². The van der Waals surface area contributed by atoms with Gasteiger partial charge in [0.2, 0.25) is 0 Å². The van der Waals surface area contributed by atoms with Gasteiger partial charge < -0.3 is 45.7 Å². The fourth-order valence-corrected chi connectivity index (χ4v) is 3.10. The van der Waals surface area contributed by atoms with E-state index >= 15 is 0 Å². The number of amides is 3. The molecule has 0 bridgehead atoms. The van der Waals surface area contributed by atoms with Gasteiger partial charge in [-0.15, -0.1) is 0 Å². The van der Waals surface area contributed by atoms with Crippen LogP contribution in [0.3, 0.4) is 0 Å². The number of carboxylic acid groups (broad SMARTS) is 1. The molecule has 268 valence electrons. The second-order valence-electron chi connectivity index (χ2n) is 11.9. The van der Waals surface area contributed by atoms with Crippen LogP contribution in [0.4, 0.5) is 9.59 Å². The second-order valence-corrected chi connectivity index (χ2v) is 11.9. The molecule has 0 radical (unpaired) electrons. The van der Waals surface area contributed by atoms with E-state index in [4.69, 9.17) is 29.8 Å². The lowest BCUT2D eigenvalue weighted by atomic mass is 10.2. The number of methoxy groups -OCH3 is 2. The lowest BCUT2D eigenvalue weighted by molar-refractivity contribution is -0.130. The normalized spacial score (nSPS) is 9.90. The quantitative estimate of drug-likeness (QED) is 0.191. The summed E-state index contributed by atoms with van der Waals surface area (Å²) in [7, 11) is 3.12. The first-order valence-electron chi connectivity index (χ1n) is 15.4. The van der Waals surface area contributed by atoms with Gasteiger partial charge in [0.05, 0.1) is 14.2 Å². The van der Waals surface area contributed by atoms with Crippen molar-refractivity contribution in [2.24, 2.45) is 5.73 Å². The molecule has 13 heteroatoms. The zero-order valence-corrected chi connectivity index (χ0v) is 29.7.